The average molecular weight is 278 g/mol. The Balaban J connectivity index is 2.20. The summed E-state index contributed by atoms with van der Waals surface area (Å²) in [4.78, 5) is 33.9. The predicted octanol–water partition coefficient (Wildman–Crippen LogP) is -1.15. The third-order valence-corrected chi connectivity index (χ3v) is 3.70. The number of aryl methyl sites for hydroxylation is 1. The number of aromatic nitrogens is 4. The molecule has 0 aromatic carbocycles. The molecule has 108 valence electrons. The molecule has 1 fully saturated rings. The normalized spacial score (nSPS) is 16.0. The molecule has 1 aliphatic heterocycles. The Morgan fingerprint density at radius 1 is 1.25 bits per heavy atom. The smallest absolute Gasteiger partial charge is 0.332 e. The van der Waals surface area contributed by atoms with Gasteiger partial charge in [0, 0.05) is 39.8 Å². The second-order valence-corrected chi connectivity index (χ2v) is 4.89. The van der Waals surface area contributed by atoms with Crippen LogP contribution in [0.5, 0.6) is 0 Å². The van der Waals surface area contributed by atoms with Crippen LogP contribution in [0.15, 0.2) is 9.59 Å². The van der Waals surface area contributed by atoms with Gasteiger partial charge in [-0.2, -0.15) is 4.98 Å². The lowest BCUT2D eigenvalue weighted by molar-refractivity contribution is 0.582. The molecule has 0 spiro atoms. The molecular weight excluding hydrogens is 260 g/mol. The summed E-state index contributed by atoms with van der Waals surface area (Å²) in [6, 6.07) is 0. The molecule has 3 heterocycles. The van der Waals surface area contributed by atoms with E-state index in [1.807, 2.05) is 0 Å². The van der Waals surface area contributed by atoms with Crippen molar-refractivity contribution in [2.24, 2.45) is 7.05 Å². The van der Waals surface area contributed by atoms with Gasteiger partial charge in [-0.3, -0.25) is 13.9 Å². The first kappa shape index (κ1) is 12.9. The summed E-state index contributed by atoms with van der Waals surface area (Å²) >= 11 is 0. The van der Waals surface area contributed by atoms with E-state index in [4.69, 9.17) is 0 Å². The quantitative estimate of drug-likeness (QED) is 0.724. The van der Waals surface area contributed by atoms with E-state index in [1.165, 1.54) is 9.13 Å². The van der Waals surface area contributed by atoms with Crippen LogP contribution in [0, 0.1) is 0 Å². The zero-order chi connectivity index (χ0) is 14.3. The molecule has 1 aliphatic rings. The first-order chi connectivity index (χ1) is 9.63. The fourth-order valence-corrected chi connectivity index (χ4v) is 2.54. The van der Waals surface area contributed by atoms with Crippen molar-refractivity contribution in [1.29, 1.82) is 0 Å². The lowest BCUT2D eigenvalue weighted by Crippen LogP contribution is -2.44. The highest BCUT2D eigenvalue weighted by Gasteiger charge is 2.18. The molecule has 0 saturated carbocycles. The molecule has 20 heavy (non-hydrogen) atoms. The summed E-state index contributed by atoms with van der Waals surface area (Å²) < 4.78 is 2.63. The fraction of sp³-hybridized carbons (Fsp3) is 0.583. The number of hydrogen-bond donors (Lipinski definition) is 2. The van der Waals surface area contributed by atoms with Gasteiger partial charge in [0.1, 0.15) is 0 Å². The molecule has 8 heteroatoms. The van der Waals surface area contributed by atoms with Gasteiger partial charge >= 0.3 is 5.69 Å². The van der Waals surface area contributed by atoms with Crippen LogP contribution in [0.1, 0.15) is 6.92 Å². The van der Waals surface area contributed by atoms with Crippen LogP contribution in [-0.2, 0) is 13.6 Å². The Bertz CT molecular complexity index is 750. The largest absolute Gasteiger partial charge is 0.340 e. The molecule has 2 N–H and O–H groups in total. The number of nitrogens with one attached hydrogen (secondary N) is 2. The lowest BCUT2D eigenvalue weighted by Gasteiger charge is -2.26. The second-order valence-electron chi connectivity index (χ2n) is 4.89. The van der Waals surface area contributed by atoms with E-state index >= 15 is 0 Å². The first-order valence-electron chi connectivity index (χ1n) is 6.78. The molecule has 0 radical (unpaired) electrons. The number of H-pyrrole nitrogens is 1. The topological polar surface area (TPSA) is 87.9 Å². The monoisotopic (exact) mass is 278 g/mol. The maximum atomic E-state index is 12.3. The van der Waals surface area contributed by atoms with Crippen LogP contribution in [-0.4, -0.2) is 45.3 Å². The minimum atomic E-state index is -0.330. The van der Waals surface area contributed by atoms with Crippen molar-refractivity contribution in [3.63, 3.8) is 0 Å². The van der Waals surface area contributed by atoms with Crippen molar-refractivity contribution in [3.05, 3.63) is 20.8 Å². The molecule has 2 aromatic rings. The number of anilines is 1. The third kappa shape index (κ3) is 1.83. The van der Waals surface area contributed by atoms with Gasteiger partial charge in [0.15, 0.2) is 11.2 Å². The fourth-order valence-electron chi connectivity index (χ4n) is 2.54. The number of aromatic amines is 1. The molecule has 1 saturated heterocycles. The van der Waals surface area contributed by atoms with Crippen molar-refractivity contribution in [2.75, 3.05) is 31.1 Å². The Morgan fingerprint density at radius 2 is 1.95 bits per heavy atom. The molecular formula is C12H18N6O2. The number of nitrogens with zero attached hydrogens (tertiary/aromatic N) is 4. The van der Waals surface area contributed by atoms with Crippen LogP contribution in [0.3, 0.4) is 0 Å². The molecule has 2 aromatic heterocycles. The average Bonchev–Trinajstić information content (AvgIpc) is 2.92. The van der Waals surface area contributed by atoms with E-state index in [1.54, 1.807) is 14.0 Å². The zero-order valence-corrected chi connectivity index (χ0v) is 11.6. The highest BCUT2D eigenvalue weighted by atomic mass is 16.2. The van der Waals surface area contributed by atoms with Crippen molar-refractivity contribution in [3.8, 4) is 0 Å². The lowest BCUT2D eigenvalue weighted by atomic mass is 10.4. The van der Waals surface area contributed by atoms with E-state index in [0.717, 1.165) is 26.2 Å². The van der Waals surface area contributed by atoms with Gasteiger partial charge in [0.05, 0.1) is 0 Å². The number of piperazine rings is 1. The van der Waals surface area contributed by atoms with E-state index in [0.29, 0.717) is 23.7 Å². The number of imidazole rings is 1. The summed E-state index contributed by atoms with van der Waals surface area (Å²) in [6.45, 7) is 5.56. The van der Waals surface area contributed by atoms with Gasteiger partial charge in [-0.05, 0) is 6.92 Å². The number of rotatable bonds is 2. The first-order valence-corrected chi connectivity index (χ1v) is 6.78. The van der Waals surface area contributed by atoms with Crippen LogP contribution in [0.2, 0.25) is 0 Å². The van der Waals surface area contributed by atoms with Crippen LogP contribution in [0.25, 0.3) is 11.2 Å². The summed E-state index contributed by atoms with van der Waals surface area (Å²) in [7, 11) is 1.64. The maximum Gasteiger partial charge on any atom is 0.332 e. The number of hydrogen-bond acceptors (Lipinski definition) is 5. The van der Waals surface area contributed by atoms with Gasteiger partial charge in [0.2, 0.25) is 5.95 Å². The van der Waals surface area contributed by atoms with Crippen molar-refractivity contribution in [1.82, 2.24) is 24.4 Å². The van der Waals surface area contributed by atoms with Gasteiger partial charge < -0.3 is 15.2 Å². The predicted molar refractivity (Wildman–Crippen MR) is 76.4 cm³/mol. The van der Waals surface area contributed by atoms with Crippen molar-refractivity contribution < 1.29 is 0 Å². The third-order valence-electron chi connectivity index (χ3n) is 3.70. The second kappa shape index (κ2) is 4.78. The van der Waals surface area contributed by atoms with Gasteiger partial charge in [-0.25, -0.2) is 4.79 Å². The van der Waals surface area contributed by atoms with Gasteiger partial charge in [0.25, 0.3) is 5.56 Å². The molecule has 8 nitrogen and oxygen atoms in total. The summed E-state index contributed by atoms with van der Waals surface area (Å²) in [6.07, 6.45) is 0. The Labute approximate surface area is 115 Å². The minimum Gasteiger partial charge on any atom is -0.340 e. The van der Waals surface area contributed by atoms with E-state index in [9.17, 15) is 9.59 Å². The summed E-state index contributed by atoms with van der Waals surface area (Å²) in [5.41, 5.74) is 0.170. The standard InChI is InChI=1S/C12H18N6O2/c1-3-18-10(19)8-9(16(2)12(18)20)15-11(14-8)17-6-4-13-5-7-17/h13H,3-7H2,1-2H3,(H,14,15). The maximum absolute atomic E-state index is 12.3. The van der Waals surface area contributed by atoms with E-state index in [-0.39, 0.29) is 11.2 Å². The summed E-state index contributed by atoms with van der Waals surface area (Å²) in [5, 5.41) is 3.26. The molecule has 3 rings (SSSR count). The molecule has 0 bridgehead atoms. The van der Waals surface area contributed by atoms with Crippen LogP contribution in [0.4, 0.5) is 5.95 Å². The molecule has 0 unspecified atom stereocenters. The Hall–Kier alpha value is -2.09. The molecule has 0 amide bonds. The minimum absolute atomic E-state index is 0.306. The SMILES string of the molecule is CCn1c(=O)c2[nH]c(N3CCNCC3)nc2n(C)c1=O. The van der Waals surface area contributed by atoms with Crippen LogP contribution < -0.4 is 21.5 Å². The Morgan fingerprint density at radius 3 is 2.60 bits per heavy atom. The van der Waals surface area contributed by atoms with Crippen LogP contribution >= 0.6 is 0 Å². The molecule has 0 atom stereocenters. The van der Waals surface area contributed by atoms with Crippen molar-refractivity contribution in [2.45, 2.75) is 13.5 Å². The number of fused-ring (bicyclic) bond motifs is 1. The Kier molecular flexibility index (Phi) is 3.09. The highest BCUT2D eigenvalue weighted by Crippen LogP contribution is 2.13. The summed E-state index contributed by atoms with van der Waals surface area (Å²) in [5.74, 6) is 0.655. The highest BCUT2D eigenvalue weighted by molar-refractivity contribution is 5.73. The van der Waals surface area contributed by atoms with Gasteiger partial charge in [-0.1, -0.05) is 0 Å². The van der Waals surface area contributed by atoms with Gasteiger partial charge in [-0.15, -0.1) is 0 Å². The van der Waals surface area contributed by atoms with E-state index < -0.39 is 0 Å². The zero-order valence-electron chi connectivity index (χ0n) is 11.6. The van der Waals surface area contributed by atoms with E-state index in [2.05, 4.69) is 20.2 Å². The molecule has 0 aliphatic carbocycles. The van der Waals surface area contributed by atoms with Crippen molar-refractivity contribution >= 4 is 17.1 Å².